The zero-order chi connectivity index (χ0) is 28.8. The van der Waals surface area contributed by atoms with E-state index in [0.29, 0.717) is 18.2 Å². The molecule has 1 fully saturated rings. The van der Waals surface area contributed by atoms with Gasteiger partial charge in [-0.2, -0.15) is 26.3 Å². The number of anilines is 1. The van der Waals surface area contributed by atoms with Gasteiger partial charge in [-0.3, -0.25) is 0 Å². The van der Waals surface area contributed by atoms with E-state index in [0.717, 1.165) is 17.0 Å². The van der Waals surface area contributed by atoms with Gasteiger partial charge in [-0.25, -0.2) is 18.4 Å². The van der Waals surface area contributed by atoms with Gasteiger partial charge in [0.05, 0.1) is 23.2 Å². The first-order chi connectivity index (χ1) is 17.3. The van der Waals surface area contributed by atoms with Crippen molar-refractivity contribution in [3.8, 4) is 0 Å². The molecule has 3 amide bonds. The van der Waals surface area contributed by atoms with Crippen LogP contribution in [0.4, 0.5) is 50.4 Å². The SMILES string of the molecule is CC(C)(C)C1[C@@H](NC(=O)Nc2cc(C(F)(F)F)cc(C(F)(F)F)c2)[C@H](c2ccc(F)cc2F)CN1C(=O)O. The maximum atomic E-state index is 14.7. The molecule has 1 saturated heterocycles. The zero-order valence-corrected chi connectivity index (χ0v) is 20.1. The summed E-state index contributed by atoms with van der Waals surface area (Å²) >= 11 is 0. The molecule has 2 aromatic rings. The molecule has 1 aliphatic rings. The molecule has 0 bridgehead atoms. The highest BCUT2D eigenvalue weighted by molar-refractivity contribution is 5.90. The van der Waals surface area contributed by atoms with Gasteiger partial charge >= 0.3 is 24.5 Å². The van der Waals surface area contributed by atoms with Crippen molar-refractivity contribution in [1.82, 2.24) is 10.2 Å². The summed E-state index contributed by atoms with van der Waals surface area (Å²) in [5.74, 6) is -2.98. The summed E-state index contributed by atoms with van der Waals surface area (Å²) in [6.45, 7) is 4.57. The Morgan fingerprint density at radius 2 is 1.47 bits per heavy atom. The maximum Gasteiger partial charge on any atom is 0.416 e. The molecule has 0 radical (unpaired) electrons. The third-order valence-corrected chi connectivity index (χ3v) is 6.14. The molecule has 14 heteroatoms. The number of carboxylic acid groups (broad SMARTS) is 1. The lowest BCUT2D eigenvalue weighted by atomic mass is 9.79. The topological polar surface area (TPSA) is 81.7 Å². The average Bonchev–Trinajstić information content (AvgIpc) is 3.11. The van der Waals surface area contributed by atoms with Crippen molar-refractivity contribution in [3.05, 3.63) is 64.7 Å². The number of carbonyl (C=O) groups is 2. The molecule has 38 heavy (non-hydrogen) atoms. The lowest BCUT2D eigenvalue weighted by Gasteiger charge is -2.37. The van der Waals surface area contributed by atoms with Gasteiger partial charge in [-0.1, -0.05) is 26.8 Å². The van der Waals surface area contributed by atoms with Crippen LogP contribution in [-0.2, 0) is 12.4 Å². The van der Waals surface area contributed by atoms with Crippen LogP contribution in [0.15, 0.2) is 36.4 Å². The third kappa shape index (κ3) is 6.27. The van der Waals surface area contributed by atoms with E-state index >= 15 is 0 Å². The Balaban J connectivity index is 2.01. The van der Waals surface area contributed by atoms with Gasteiger partial charge < -0.3 is 20.6 Å². The Labute approximate surface area is 211 Å². The number of nitrogens with one attached hydrogen (secondary N) is 2. The Morgan fingerprint density at radius 1 is 0.921 bits per heavy atom. The van der Waals surface area contributed by atoms with Gasteiger partial charge in [0, 0.05) is 24.2 Å². The number of urea groups is 1. The molecule has 1 aliphatic heterocycles. The predicted octanol–water partition coefficient (Wildman–Crippen LogP) is 6.68. The molecule has 6 nitrogen and oxygen atoms in total. The van der Waals surface area contributed by atoms with E-state index < -0.39 is 76.3 Å². The van der Waals surface area contributed by atoms with Crippen LogP contribution in [0.2, 0.25) is 0 Å². The summed E-state index contributed by atoms with van der Waals surface area (Å²) in [6.07, 6.45) is -11.7. The van der Waals surface area contributed by atoms with Gasteiger partial charge in [0.1, 0.15) is 11.6 Å². The second-order valence-electron chi connectivity index (χ2n) is 9.94. The van der Waals surface area contributed by atoms with Crippen molar-refractivity contribution in [2.75, 3.05) is 11.9 Å². The summed E-state index contributed by atoms with van der Waals surface area (Å²) in [6, 6.07) is -0.349. The van der Waals surface area contributed by atoms with E-state index in [4.69, 9.17) is 0 Å². The first kappa shape index (κ1) is 29.0. The highest BCUT2D eigenvalue weighted by Gasteiger charge is 2.51. The van der Waals surface area contributed by atoms with Crippen molar-refractivity contribution in [2.24, 2.45) is 5.41 Å². The summed E-state index contributed by atoms with van der Waals surface area (Å²) in [5.41, 5.74) is -5.14. The molecule has 0 aliphatic carbocycles. The van der Waals surface area contributed by atoms with Crippen molar-refractivity contribution in [1.29, 1.82) is 0 Å². The molecular formula is C24H23F8N3O3. The molecule has 0 saturated carbocycles. The molecule has 1 unspecified atom stereocenters. The van der Waals surface area contributed by atoms with Gasteiger partial charge in [0.2, 0.25) is 0 Å². The lowest BCUT2D eigenvalue weighted by Crippen LogP contribution is -2.54. The Bertz CT molecular complexity index is 1190. The number of hydrogen-bond donors (Lipinski definition) is 3. The van der Waals surface area contributed by atoms with Crippen LogP contribution in [0.5, 0.6) is 0 Å². The third-order valence-electron chi connectivity index (χ3n) is 6.14. The van der Waals surface area contributed by atoms with Gasteiger partial charge in [0.25, 0.3) is 0 Å². The lowest BCUT2D eigenvalue weighted by molar-refractivity contribution is -0.143. The van der Waals surface area contributed by atoms with Gasteiger partial charge in [-0.05, 0) is 35.2 Å². The highest BCUT2D eigenvalue weighted by Crippen LogP contribution is 2.42. The Kier molecular flexibility index (Phi) is 7.59. The van der Waals surface area contributed by atoms with Gasteiger partial charge in [-0.15, -0.1) is 0 Å². The number of amides is 3. The summed E-state index contributed by atoms with van der Waals surface area (Å²) in [7, 11) is 0. The fraction of sp³-hybridized carbons (Fsp3) is 0.417. The van der Waals surface area contributed by atoms with E-state index in [1.807, 2.05) is 5.32 Å². The Morgan fingerprint density at radius 3 is 1.92 bits per heavy atom. The normalized spacial score (nSPS) is 20.4. The van der Waals surface area contributed by atoms with Crippen LogP contribution < -0.4 is 10.6 Å². The Hall–Kier alpha value is -3.58. The fourth-order valence-corrected chi connectivity index (χ4v) is 4.68. The maximum absolute atomic E-state index is 14.7. The number of halogens is 8. The van der Waals surface area contributed by atoms with Crippen molar-refractivity contribution in [2.45, 2.75) is 51.1 Å². The van der Waals surface area contributed by atoms with Crippen LogP contribution in [0.3, 0.4) is 0 Å². The molecule has 3 rings (SSSR count). The first-order valence-electron chi connectivity index (χ1n) is 11.1. The second kappa shape index (κ2) is 9.95. The fourth-order valence-electron chi connectivity index (χ4n) is 4.68. The number of hydrogen-bond acceptors (Lipinski definition) is 2. The summed E-state index contributed by atoms with van der Waals surface area (Å²) in [4.78, 5) is 25.8. The average molecular weight is 553 g/mol. The second-order valence-corrected chi connectivity index (χ2v) is 9.94. The minimum atomic E-state index is -5.15. The van der Waals surface area contributed by atoms with E-state index in [9.17, 15) is 49.8 Å². The predicted molar refractivity (Wildman–Crippen MR) is 119 cm³/mol. The number of alkyl halides is 6. The number of carbonyl (C=O) groups excluding carboxylic acids is 1. The first-order valence-corrected chi connectivity index (χ1v) is 11.1. The monoisotopic (exact) mass is 553 g/mol. The van der Waals surface area contributed by atoms with Crippen LogP contribution >= 0.6 is 0 Å². The van der Waals surface area contributed by atoms with Crippen LogP contribution in [-0.4, -0.2) is 40.8 Å². The molecule has 3 N–H and O–H groups in total. The highest BCUT2D eigenvalue weighted by atomic mass is 19.4. The van der Waals surface area contributed by atoms with Crippen molar-refractivity contribution >= 4 is 17.8 Å². The van der Waals surface area contributed by atoms with Crippen LogP contribution in [0.1, 0.15) is 43.4 Å². The van der Waals surface area contributed by atoms with E-state index in [1.54, 1.807) is 20.8 Å². The minimum absolute atomic E-state index is 0.103. The number of rotatable bonds is 3. The van der Waals surface area contributed by atoms with E-state index in [2.05, 4.69) is 5.32 Å². The van der Waals surface area contributed by atoms with Crippen LogP contribution in [0.25, 0.3) is 0 Å². The number of benzene rings is 2. The quantitative estimate of drug-likeness (QED) is 0.371. The van der Waals surface area contributed by atoms with Gasteiger partial charge in [0.15, 0.2) is 0 Å². The van der Waals surface area contributed by atoms with Crippen molar-refractivity contribution in [3.63, 3.8) is 0 Å². The van der Waals surface area contributed by atoms with Crippen LogP contribution in [0, 0.1) is 17.0 Å². The van der Waals surface area contributed by atoms with Crippen molar-refractivity contribution < 1.29 is 49.8 Å². The molecule has 2 aromatic carbocycles. The number of likely N-dealkylation sites (tertiary alicyclic amines) is 1. The van der Waals surface area contributed by atoms with E-state index in [1.165, 1.54) is 0 Å². The standard InChI is InChI=1S/C24H23F8N3O3/c1-22(2,3)19-18(16(10-35(19)21(37)38)15-5-4-13(25)9-17(15)26)34-20(36)33-14-7-11(23(27,28)29)6-12(8-14)24(30,31)32/h4-9,16,18-19H,10H2,1-3H3,(H,37,38)(H2,33,34,36)/t16-,18-,19?/m0/s1. The molecular weight excluding hydrogens is 530 g/mol. The number of nitrogens with zero attached hydrogens (tertiary/aromatic N) is 1. The zero-order valence-electron chi connectivity index (χ0n) is 20.1. The summed E-state index contributed by atoms with van der Waals surface area (Å²) < 4.78 is 107. The molecule has 1 heterocycles. The minimum Gasteiger partial charge on any atom is -0.465 e. The van der Waals surface area contributed by atoms with E-state index in [-0.39, 0.29) is 18.2 Å². The molecule has 0 spiro atoms. The molecule has 3 atom stereocenters. The largest absolute Gasteiger partial charge is 0.465 e. The molecule has 208 valence electrons. The molecule has 0 aromatic heterocycles. The smallest absolute Gasteiger partial charge is 0.416 e. The summed E-state index contributed by atoms with van der Waals surface area (Å²) in [5, 5.41) is 14.1.